The van der Waals surface area contributed by atoms with Crippen molar-refractivity contribution in [2.75, 3.05) is 43.6 Å². The molecule has 1 rings (SSSR count). The third-order valence-electron chi connectivity index (χ3n) is 2.99. The summed E-state index contributed by atoms with van der Waals surface area (Å²) in [6.45, 7) is 8.94. The first-order valence-corrected chi connectivity index (χ1v) is 7.36. The molecule has 0 saturated carbocycles. The first-order chi connectivity index (χ1) is 10.1. The number of ether oxygens (including phenoxy) is 1. The SMILES string of the molecule is CCNc1cc(N(CCC#N)CCOC)nc(C(C)C)n1. The van der Waals surface area contributed by atoms with Crippen molar-refractivity contribution < 1.29 is 4.74 Å². The average molecular weight is 291 g/mol. The van der Waals surface area contributed by atoms with E-state index in [-0.39, 0.29) is 5.92 Å². The highest BCUT2D eigenvalue weighted by Gasteiger charge is 2.13. The summed E-state index contributed by atoms with van der Waals surface area (Å²) >= 11 is 0. The number of nitriles is 1. The number of rotatable bonds is 9. The second-order valence-corrected chi connectivity index (χ2v) is 5.04. The fraction of sp³-hybridized carbons (Fsp3) is 0.667. The summed E-state index contributed by atoms with van der Waals surface area (Å²) in [4.78, 5) is 11.2. The first kappa shape index (κ1) is 17.2. The minimum Gasteiger partial charge on any atom is -0.383 e. The topological polar surface area (TPSA) is 74.1 Å². The predicted octanol–water partition coefficient (Wildman–Crippen LogP) is 2.40. The third kappa shape index (κ3) is 5.56. The van der Waals surface area contributed by atoms with Gasteiger partial charge in [0.05, 0.1) is 19.1 Å². The van der Waals surface area contributed by atoms with Crippen molar-refractivity contribution >= 4 is 11.6 Å². The van der Waals surface area contributed by atoms with E-state index in [0.29, 0.717) is 26.1 Å². The molecular formula is C15H25N5O. The molecule has 6 heteroatoms. The smallest absolute Gasteiger partial charge is 0.135 e. The van der Waals surface area contributed by atoms with Crippen molar-refractivity contribution in [2.24, 2.45) is 0 Å². The largest absolute Gasteiger partial charge is 0.383 e. The summed E-state index contributed by atoms with van der Waals surface area (Å²) in [5.41, 5.74) is 0. The molecule has 1 aromatic heterocycles. The highest BCUT2D eigenvalue weighted by atomic mass is 16.5. The second-order valence-electron chi connectivity index (χ2n) is 5.04. The minimum atomic E-state index is 0.252. The van der Waals surface area contributed by atoms with E-state index in [9.17, 15) is 0 Å². The summed E-state index contributed by atoms with van der Waals surface area (Å²) in [6.07, 6.45) is 0.460. The molecule has 0 aromatic carbocycles. The Morgan fingerprint density at radius 2 is 2.14 bits per heavy atom. The third-order valence-corrected chi connectivity index (χ3v) is 2.99. The zero-order valence-electron chi connectivity index (χ0n) is 13.4. The number of hydrogen-bond acceptors (Lipinski definition) is 6. The Hall–Kier alpha value is -1.87. The molecule has 1 aromatic rings. The molecule has 0 bridgehead atoms. The van der Waals surface area contributed by atoms with E-state index in [4.69, 9.17) is 10.00 Å². The molecule has 0 unspecified atom stereocenters. The Bertz CT molecular complexity index is 470. The van der Waals surface area contributed by atoms with Crippen LogP contribution in [0.1, 0.15) is 38.9 Å². The van der Waals surface area contributed by atoms with Gasteiger partial charge in [0, 0.05) is 38.7 Å². The molecule has 1 N–H and O–H groups in total. The second kappa shape index (κ2) is 9.14. The van der Waals surface area contributed by atoms with Crippen LogP contribution in [-0.4, -0.2) is 43.3 Å². The minimum absolute atomic E-state index is 0.252. The Morgan fingerprint density at radius 1 is 1.38 bits per heavy atom. The standard InChI is InChI=1S/C15H25N5O/c1-5-17-13-11-14(19-15(18-13)12(2)3)20(8-6-7-16)9-10-21-4/h11-12H,5-6,8-10H2,1-4H3,(H,17,18,19). The van der Waals surface area contributed by atoms with Crippen LogP contribution >= 0.6 is 0 Å². The zero-order chi connectivity index (χ0) is 15.7. The van der Waals surface area contributed by atoms with Crippen LogP contribution in [0.3, 0.4) is 0 Å². The number of nitrogens with zero attached hydrogens (tertiary/aromatic N) is 4. The van der Waals surface area contributed by atoms with Crippen LogP contribution in [0.4, 0.5) is 11.6 Å². The lowest BCUT2D eigenvalue weighted by Gasteiger charge is -2.23. The van der Waals surface area contributed by atoms with Crippen molar-refractivity contribution in [3.8, 4) is 6.07 Å². The molecular weight excluding hydrogens is 266 g/mol. The van der Waals surface area contributed by atoms with Crippen LogP contribution < -0.4 is 10.2 Å². The monoisotopic (exact) mass is 291 g/mol. The quantitative estimate of drug-likeness (QED) is 0.753. The van der Waals surface area contributed by atoms with E-state index < -0.39 is 0 Å². The summed E-state index contributed by atoms with van der Waals surface area (Å²) in [7, 11) is 1.67. The highest BCUT2D eigenvalue weighted by Crippen LogP contribution is 2.20. The molecule has 1 heterocycles. The number of methoxy groups -OCH3 is 1. The fourth-order valence-corrected chi connectivity index (χ4v) is 1.87. The van der Waals surface area contributed by atoms with Gasteiger partial charge >= 0.3 is 0 Å². The van der Waals surface area contributed by atoms with Gasteiger partial charge in [-0.05, 0) is 6.92 Å². The lowest BCUT2D eigenvalue weighted by atomic mass is 10.2. The van der Waals surface area contributed by atoms with Gasteiger partial charge in [0.2, 0.25) is 0 Å². The molecule has 6 nitrogen and oxygen atoms in total. The first-order valence-electron chi connectivity index (χ1n) is 7.36. The van der Waals surface area contributed by atoms with Gasteiger partial charge in [-0.25, -0.2) is 9.97 Å². The molecule has 0 aliphatic heterocycles. The molecule has 0 spiro atoms. The van der Waals surface area contributed by atoms with Crippen molar-refractivity contribution in [1.82, 2.24) is 9.97 Å². The maximum Gasteiger partial charge on any atom is 0.135 e. The van der Waals surface area contributed by atoms with Gasteiger partial charge < -0.3 is 15.0 Å². The molecule has 0 fully saturated rings. The van der Waals surface area contributed by atoms with Gasteiger partial charge in [0.1, 0.15) is 17.5 Å². The van der Waals surface area contributed by atoms with E-state index in [1.807, 2.05) is 13.0 Å². The van der Waals surface area contributed by atoms with Crippen LogP contribution in [0.15, 0.2) is 6.07 Å². The maximum absolute atomic E-state index is 8.82. The number of anilines is 2. The van der Waals surface area contributed by atoms with Crippen molar-refractivity contribution in [1.29, 1.82) is 5.26 Å². The maximum atomic E-state index is 8.82. The Morgan fingerprint density at radius 3 is 2.71 bits per heavy atom. The van der Waals surface area contributed by atoms with Gasteiger partial charge in [0.15, 0.2) is 0 Å². The van der Waals surface area contributed by atoms with Gasteiger partial charge in [-0.15, -0.1) is 0 Å². The summed E-state index contributed by atoms with van der Waals surface area (Å²) < 4.78 is 5.15. The predicted molar refractivity (Wildman–Crippen MR) is 84.6 cm³/mol. The van der Waals surface area contributed by atoms with Crippen LogP contribution in [0.2, 0.25) is 0 Å². The van der Waals surface area contributed by atoms with Crippen molar-refractivity contribution in [3.63, 3.8) is 0 Å². The Balaban J connectivity index is 3.05. The molecule has 0 aliphatic rings. The van der Waals surface area contributed by atoms with E-state index in [1.54, 1.807) is 7.11 Å². The van der Waals surface area contributed by atoms with Crippen LogP contribution in [0.25, 0.3) is 0 Å². The van der Waals surface area contributed by atoms with Crippen LogP contribution in [0.5, 0.6) is 0 Å². The number of hydrogen-bond donors (Lipinski definition) is 1. The zero-order valence-corrected chi connectivity index (χ0v) is 13.4. The lowest BCUT2D eigenvalue weighted by molar-refractivity contribution is 0.205. The normalized spacial score (nSPS) is 10.5. The molecule has 0 aliphatic carbocycles. The molecule has 0 atom stereocenters. The van der Waals surface area contributed by atoms with Crippen LogP contribution in [-0.2, 0) is 4.74 Å². The number of aromatic nitrogens is 2. The lowest BCUT2D eigenvalue weighted by Crippen LogP contribution is -2.29. The molecule has 21 heavy (non-hydrogen) atoms. The Kier molecular flexibility index (Phi) is 7.48. The van der Waals surface area contributed by atoms with Crippen molar-refractivity contribution in [2.45, 2.75) is 33.1 Å². The van der Waals surface area contributed by atoms with E-state index in [0.717, 1.165) is 24.0 Å². The summed E-state index contributed by atoms with van der Waals surface area (Å²) in [6, 6.07) is 4.11. The van der Waals surface area contributed by atoms with Crippen molar-refractivity contribution in [3.05, 3.63) is 11.9 Å². The Labute approximate surface area is 127 Å². The molecule has 0 saturated heterocycles. The molecule has 116 valence electrons. The van der Waals surface area contributed by atoms with Crippen LogP contribution in [0, 0.1) is 11.3 Å². The average Bonchev–Trinajstić information content (AvgIpc) is 2.47. The van der Waals surface area contributed by atoms with Gasteiger partial charge in [-0.1, -0.05) is 13.8 Å². The summed E-state index contributed by atoms with van der Waals surface area (Å²) in [5, 5.41) is 12.1. The molecule has 0 radical (unpaired) electrons. The van der Waals surface area contributed by atoms with Gasteiger partial charge in [0.25, 0.3) is 0 Å². The van der Waals surface area contributed by atoms with E-state index in [1.165, 1.54) is 0 Å². The molecule has 0 amide bonds. The van der Waals surface area contributed by atoms with E-state index >= 15 is 0 Å². The fourth-order valence-electron chi connectivity index (χ4n) is 1.87. The van der Waals surface area contributed by atoms with Gasteiger partial charge in [-0.2, -0.15) is 5.26 Å². The summed E-state index contributed by atoms with van der Waals surface area (Å²) in [5.74, 6) is 2.73. The highest BCUT2D eigenvalue weighted by molar-refractivity contribution is 5.49. The van der Waals surface area contributed by atoms with Gasteiger partial charge in [-0.3, -0.25) is 0 Å². The number of nitrogens with one attached hydrogen (secondary N) is 1. The van der Waals surface area contributed by atoms with E-state index in [2.05, 4.69) is 40.1 Å².